The van der Waals surface area contributed by atoms with Crippen LogP contribution in [0.25, 0.3) is 0 Å². The number of nitrogens with one attached hydrogen (secondary N) is 2. The highest BCUT2D eigenvalue weighted by Gasteiger charge is 2.07. The van der Waals surface area contributed by atoms with Gasteiger partial charge in [-0.3, -0.25) is 0 Å². The highest BCUT2D eigenvalue weighted by atomic mass is 79.9. The number of hydrazone groups is 1. The van der Waals surface area contributed by atoms with Crippen LogP contribution in [-0.2, 0) is 6.61 Å². The zero-order valence-electron chi connectivity index (χ0n) is 18.3. The Morgan fingerprint density at radius 1 is 1.00 bits per heavy atom. The van der Waals surface area contributed by atoms with Crippen LogP contribution in [0.15, 0.2) is 70.2 Å². The van der Waals surface area contributed by atoms with Gasteiger partial charge in [0.15, 0.2) is 0 Å². The van der Waals surface area contributed by atoms with E-state index in [0.29, 0.717) is 18.9 Å². The van der Waals surface area contributed by atoms with Crippen molar-refractivity contribution in [2.45, 2.75) is 27.4 Å². The average Bonchev–Trinajstić information content (AvgIpc) is 2.76. The van der Waals surface area contributed by atoms with E-state index in [1.54, 1.807) is 30.5 Å². The van der Waals surface area contributed by atoms with Crippen LogP contribution in [0.3, 0.4) is 0 Å². The van der Waals surface area contributed by atoms with E-state index in [1.807, 2.05) is 57.2 Å². The first-order chi connectivity index (χ1) is 15.4. The van der Waals surface area contributed by atoms with Gasteiger partial charge < -0.3 is 14.8 Å². The molecule has 3 aromatic rings. The molecule has 7 heteroatoms. The molecule has 0 radical (unpaired) electrons. The average molecular weight is 496 g/mol. The van der Waals surface area contributed by atoms with Gasteiger partial charge in [0, 0.05) is 10.2 Å². The zero-order valence-corrected chi connectivity index (χ0v) is 19.9. The van der Waals surface area contributed by atoms with Crippen LogP contribution < -0.4 is 20.2 Å². The van der Waals surface area contributed by atoms with Gasteiger partial charge in [-0.05, 0) is 91.6 Å². The number of amides is 2. The SMILES string of the molecule is CCOc1ccc(NC(=O)N/N=C\c2cc(C)c(OCc3ccc(Br)cc3)c(C)c2)cc1. The maximum atomic E-state index is 12.1. The van der Waals surface area contributed by atoms with Gasteiger partial charge in [0.1, 0.15) is 18.1 Å². The second kappa shape index (κ2) is 11.3. The molecule has 0 spiro atoms. The third-order valence-corrected chi connectivity index (χ3v) is 5.11. The number of benzene rings is 3. The van der Waals surface area contributed by atoms with E-state index >= 15 is 0 Å². The Bertz CT molecular complexity index is 1060. The number of halogens is 1. The van der Waals surface area contributed by atoms with E-state index in [-0.39, 0.29) is 0 Å². The lowest BCUT2D eigenvalue weighted by Gasteiger charge is -2.13. The van der Waals surface area contributed by atoms with Crippen molar-refractivity contribution in [2.75, 3.05) is 11.9 Å². The number of urea groups is 1. The minimum absolute atomic E-state index is 0.423. The van der Waals surface area contributed by atoms with E-state index in [2.05, 4.69) is 31.8 Å². The number of carbonyl (C=O) groups excluding carboxylic acids is 1. The molecule has 0 aliphatic carbocycles. The summed E-state index contributed by atoms with van der Waals surface area (Å²) in [5, 5.41) is 6.76. The Morgan fingerprint density at radius 2 is 1.66 bits per heavy atom. The van der Waals surface area contributed by atoms with E-state index in [1.165, 1.54) is 0 Å². The van der Waals surface area contributed by atoms with E-state index in [4.69, 9.17) is 9.47 Å². The molecule has 0 saturated heterocycles. The summed E-state index contributed by atoms with van der Waals surface area (Å²) in [5.74, 6) is 1.61. The standard InChI is InChI=1S/C25H26BrN3O3/c1-4-31-23-11-9-22(10-12-23)28-25(30)29-27-15-20-13-17(2)24(18(3)14-20)32-16-19-5-7-21(26)8-6-19/h5-15H,4,16H2,1-3H3,(H2,28,29,30)/b27-15-. The number of anilines is 1. The molecule has 0 unspecified atom stereocenters. The molecule has 0 aromatic heterocycles. The third-order valence-electron chi connectivity index (χ3n) is 4.58. The fourth-order valence-electron chi connectivity index (χ4n) is 3.15. The molecule has 2 amide bonds. The van der Waals surface area contributed by atoms with Gasteiger partial charge in [-0.25, -0.2) is 10.2 Å². The molecule has 2 N–H and O–H groups in total. The second-order valence-corrected chi connectivity index (χ2v) is 8.10. The number of carbonyl (C=O) groups is 1. The van der Waals surface area contributed by atoms with Crippen molar-refractivity contribution in [3.8, 4) is 11.5 Å². The molecule has 3 aromatic carbocycles. The predicted molar refractivity (Wildman–Crippen MR) is 132 cm³/mol. The maximum absolute atomic E-state index is 12.1. The summed E-state index contributed by atoms with van der Waals surface area (Å²) in [6.07, 6.45) is 1.61. The first kappa shape index (κ1) is 23.3. The highest BCUT2D eigenvalue weighted by Crippen LogP contribution is 2.25. The van der Waals surface area contributed by atoms with E-state index < -0.39 is 6.03 Å². The summed E-state index contributed by atoms with van der Waals surface area (Å²) in [5.41, 5.74) is 7.10. The normalized spacial score (nSPS) is 10.8. The Kier molecular flexibility index (Phi) is 8.27. The van der Waals surface area contributed by atoms with Gasteiger partial charge in [0.2, 0.25) is 0 Å². The molecule has 32 heavy (non-hydrogen) atoms. The second-order valence-electron chi connectivity index (χ2n) is 7.18. The van der Waals surface area contributed by atoms with Crippen molar-refractivity contribution >= 4 is 33.9 Å². The minimum Gasteiger partial charge on any atom is -0.494 e. The van der Waals surface area contributed by atoms with Crippen molar-refractivity contribution in [3.05, 3.63) is 87.4 Å². The summed E-state index contributed by atoms with van der Waals surface area (Å²) in [6, 6.07) is 18.7. The van der Waals surface area contributed by atoms with Crippen LogP contribution in [-0.4, -0.2) is 18.9 Å². The van der Waals surface area contributed by atoms with Gasteiger partial charge in [0.05, 0.1) is 12.8 Å². The summed E-state index contributed by atoms with van der Waals surface area (Å²) < 4.78 is 12.5. The van der Waals surface area contributed by atoms with Crippen molar-refractivity contribution < 1.29 is 14.3 Å². The van der Waals surface area contributed by atoms with E-state index in [0.717, 1.165) is 38.2 Å². The predicted octanol–water partition coefficient (Wildman–Crippen LogP) is 6.20. The lowest BCUT2D eigenvalue weighted by atomic mass is 10.1. The quantitative estimate of drug-likeness (QED) is 0.288. The smallest absolute Gasteiger partial charge is 0.339 e. The molecule has 166 valence electrons. The van der Waals surface area contributed by atoms with Crippen molar-refractivity contribution in [3.63, 3.8) is 0 Å². The minimum atomic E-state index is -0.423. The third kappa shape index (κ3) is 6.85. The zero-order chi connectivity index (χ0) is 22.9. The van der Waals surface area contributed by atoms with Crippen molar-refractivity contribution in [1.82, 2.24) is 5.43 Å². The van der Waals surface area contributed by atoms with Crippen LogP contribution in [0.2, 0.25) is 0 Å². The number of nitrogens with zero attached hydrogens (tertiary/aromatic N) is 1. The highest BCUT2D eigenvalue weighted by molar-refractivity contribution is 9.10. The van der Waals surface area contributed by atoms with Gasteiger partial charge in [-0.15, -0.1) is 0 Å². The molecule has 0 saturated carbocycles. The van der Waals surface area contributed by atoms with Gasteiger partial charge >= 0.3 is 6.03 Å². The Balaban J connectivity index is 1.54. The molecule has 0 atom stereocenters. The van der Waals surface area contributed by atoms with Crippen molar-refractivity contribution in [1.29, 1.82) is 0 Å². The Labute approximate surface area is 196 Å². The molecule has 0 bridgehead atoms. The van der Waals surface area contributed by atoms with Crippen molar-refractivity contribution in [2.24, 2.45) is 5.10 Å². The number of rotatable bonds is 8. The molecule has 6 nitrogen and oxygen atoms in total. The monoisotopic (exact) mass is 495 g/mol. The number of ether oxygens (including phenoxy) is 2. The first-order valence-electron chi connectivity index (χ1n) is 10.3. The number of aryl methyl sites for hydroxylation is 2. The first-order valence-corrected chi connectivity index (χ1v) is 11.1. The van der Waals surface area contributed by atoms with Crippen LogP contribution in [0.4, 0.5) is 10.5 Å². The number of hydrogen-bond acceptors (Lipinski definition) is 4. The molecule has 0 aliphatic rings. The summed E-state index contributed by atoms with van der Waals surface area (Å²) in [7, 11) is 0. The van der Waals surface area contributed by atoms with E-state index in [9.17, 15) is 4.79 Å². The van der Waals surface area contributed by atoms with Gasteiger partial charge in [-0.1, -0.05) is 28.1 Å². The Morgan fingerprint density at radius 3 is 2.28 bits per heavy atom. The fraction of sp³-hybridized carbons (Fsp3) is 0.200. The molecular formula is C25H26BrN3O3. The summed E-state index contributed by atoms with van der Waals surface area (Å²) in [4.78, 5) is 12.1. The van der Waals surface area contributed by atoms with Crippen LogP contribution in [0, 0.1) is 13.8 Å². The topological polar surface area (TPSA) is 72.0 Å². The molecular weight excluding hydrogens is 470 g/mol. The van der Waals surface area contributed by atoms with Crippen LogP contribution in [0.1, 0.15) is 29.2 Å². The molecule has 3 rings (SSSR count). The number of hydrogen-bond donors (Lipinski definition) is 2. The molecule has 0 aliphatic heterocycles. The fourth-order valence-corrected chi connectivity index (χ4v) is 3.41. The van der Waals surface area contributed by atoms with Crippen LogP contribution >= 0.6 is 15.9 Å². The summed E-state index contributed by atoms with van der Waals surface area (Å²) >= 11 is 3.44. The van der Waals surface area contributed by atoms with Gasteiger partial charge in [0.25, 0.3) is 0 Å². The van der Waals surface area contributed by atoms with Crippen LogP contribution in [0.5, 0.6) is 11.5 Å². The molecule has 0 fully saturated rings. The molecule has 0 heterocycles. The lowest BCUT2D eigenvalue weighted by molar-refractivity contribution is 0.252. The summed E-state index contributed by atoms with van der Waals surface area (Å²) in [6.45, 7) is 7.00. The maximum Gasteiger partial charge on any atom is 0.339 e. The Hall–Kier alpha value is -3.32. The largest absolute Gasteiger partial charge is 0.494 e. The van der Waals surface area contributed by atoms with Gasteiger partial charge in [-0.2, -0.15) is 5.10 Å². The lowest BCUT2D eigenvalue weighted by Crippen LogP contribution is -2.24.